The lowest BCUT2D eigenvalue weighted by Gasteiger charge is -2.33. The van der Waals surface area contributed by atoms with E-state index in [2.05, 4.69) is 24.8 Å². The first-order valence-electron chi connectivity index (χ1n) is 11.2. The number of nitrogen functional groups attached to an aromatic ring is 1. The molecule has 0 spiro atoms. The van der Waals surface area contributed by atoms with Crippen LogP contribution in [0.5, 0.6) is 0 Å². The first kappa shape index (κ1) is 23.7. The monoisotopic (exact) mass is 500 g/mol. The fourth-order valence-corrected chi connectivity index (χ4v) is 4.48. The zero-order valence-electron chi connectivity index (χ0n) is 18.9. The summed E-state index contributed by atoms with van der Waals surface area (Å²) in [6.07, 6.45) is -0.454. The van der Waals surface area contributed by atoms with Gasteiger partial charge in [-0.1, -0.05) is 12.1 Å². The van der Waals surface area contributed by atoms with Crippen LogP contribution in [0.3, 0.4) is 0 Å². The summed E-state index contributed by atoms with van der Waals surface area (Å²) in [5, 5.41) is 0. The fourth-order valence-electron chi connectivity index (χ4n) is 4.48. The Morgan fingerprint density at radius 2 is 1.64 bits per heavy atom. The summed E-state index contributed by atoms with van der Waals surface area (Å²) in [6.45, 7) is 1.25. The molecule has 3 heterocycles. The van der Waals surface area contributed by atoms with E-state index in [0.29, 0.717) is 60.2 Å². The number of hydrogen-bond acceptors (Lipinski definition) is 5. The zero-order chi connectivity index (χ0) is 25.4. The molecule has 1 fully saturated rings. The standard InChI is InChI=1S/C25H21F5N6/c26-17-4-1-14(2-5-17)21-22(31)33-13-34-24(21)36-9-7-15(8-10-36)23-32-12-20(35-23)16-3-6-19(27)18(11-16)25(28,29)30/h1-6,11-13,15H,7-10H2,(H,32,35)(H2,31,33,34). The maximum absolute atomic E-state index is 13.6. The van der Waals surface area contributed by atoms with E-state index in [1.807, 2.05) is 0 Å². The number of hydrogen-bond donors (Lipinski definition) is 2. The number of imidazole rings is 1. The van der Waals surface area contributed by atoms with Crippen LogP contribution < -0.4 is 10.6 Å². The van der Waals surface area contributed by atoms with Gasteiger partial charge in [0.15, 0.2) is 0 Å². The number of halogens is 5. The molecule has 3 N–H and O–H groups in total. The van der Waals surface area contributed by atoms with Crippen molar-refractivity contribution in [2.75, 3.05) is 23.7 Å². The summed E-state index contributed by atoms with van der Waals surface area (Å²) < 4.78 is 66.3. The van der Waals surface area contributed by atoms with Crippen LogP contribution in [0.2, 0.25) is 0 Å². The van der Waals surface area contributed by atoms with Crippen molar-refractivity contribution in [2.45, 2.75) is 24.9 Å². The van der Waals surface area contributed by atoms with Gasteiger partial charge in [-0.05, 0) is 48.7 Å². The van der Waals surface area contributed by atoms with Crippen LogP contribution >= 0.6 is 0 Å². The van der Waals surface area contributed by atoms with Gasteiger partial charge < -0.3 is 15.6 Å². The molecule has 186 valence electrons. The molecular formula is C25H21F5N6. The van der Waals surface area contributed by atoms with E-state index >= 15 is 0 Å². The number of aromatic nitrogens is 4. The fraction of sp³-hybridized carbons (Fsp3) is 0.240. The molecule has 0 atom stereocenters. The van der Waals surface area contributed by atoms with Crippen LogP contribution in [0.25, 0.3) is 22.4 Å². The predicted molar refractivity (Wildman–Crippen MR) is 125 cm³/mol. The van der Waals surface area contributed by atoms with Crippen molar-refractivity contribution in [3.63, 3.8) is 0 Å². The van der Waals surface area contributed by atoms with Gasteiger partial charge in [0.2, 0.25) is 0 Å². The van der Waals surface area contributed by atoms with Crippen molar-refractivity contribution < 1.29 is 22.0 Å². The number of rotatable bonds is 4. The maximum Gasteiger partial charge on any atom is 0.419 e. The van der Waals surface area contributed by atoms with Crippen molar-refractivity contribution in [1.29, 1.82) is 0 Å². The Labute approximate surface area is 203 Å². The second-order valence-electron chi connectivity index (χ2n) is 8.59. The summed E-state index contributed by atoms with van der Waals surface area (Å²) in [5.41, 5.74) is 6.66. The topological polar surface area (TPSA) is 83.7 Å². The SMILES string of the molecule is Nc1ncnc(N2CCC(c3nc(-c4ccc(F)c(C(F)(F)F)c4)c[nH]3)CC2)c1-c1ccc(F)cc1. The van der Waals surface area contributed by atoms with Crippen LogP contribution in [-0.2, 0) is 6.18 Å². The first-order valence-corrected chi connectivity index (χ1v) is 11.2. The molecule has 36 heavy (non-hydrogen) atoms. The quantitative estimate of drug-likeness (QED) is 0.346. The van der Waals surface area contributed by atoms with Crippen LogP contribution in [0.1, 0.15) is 30.1 Å². The second kappa shape index (κ2) is 9.21. The molecule has 2 aromatic heterocycles. The third-order valence-corrected chi connectivity index (χ3v) is 6.34. The van der Waals surface area contributed by atoms with Crippen LogP contribution in [0, 0.1) is 11.6 Å². The van der Waals surface area contributed by atoms with Gasteiger partial charge in [-0.15, -0.1) is 0 Å². The van der Waals surface area contributed by atoms with Gasteiger partial charge >= 0.3 is 6.18 Å². The van der Waals surface area contributed by atoms with Gasteiger partial charge in [-0.3, -0.25) is 0 Å². The van der Waals surface area contributed by atoms with Crippen molar-refractivity contribution in [3.8, 4) is 22.4 Å². The molecule has 1 aliphatic heterocycles. The summed E-state index contributed by atoms with van der Waals surface area (Å²) in [7, 11) is 0. The average Bonchev–Trinajstić information content (AvgIpc) is 3.35. The normalized spacial score (nSPS) is 14.9. The number of piperidine rings is 1. The molecule has 0 saturated carbocycles. The molecule has 11 heteroatoms. The number of nitrogens with two attached hydrogens (primary N) is 1. The smallest absolute Gasteiger partial charge is 0.383 e. The number of benzene rings is 2. The highest BCUT2D eigenvalue weighted by Crippen LogP contribution is 2.37. The van der Waals surface area contributed by atoms with E-state index in [1.165, 1.54) is 30.7 Å². The Bertz CT molecular complexity index is 1370. The summed E-state index contributed by atoms with van der Waals surface area (Å²) in [4.78, 5) is 18.2. The molecule has 5 rings (SSSR count). The van der Waals surface area contributed by atoms with Gasteiger partial charge in [0.25, 0.3) is 0 Å². The molecule has 0 bridgehead atoms. The molecule has 0 unspecified atom stereocenters. The lowest BCUT2D eigenvalue weighted by atomic mass is 9.95. The van der Waals surface area contributed by atoms with Gasteiger partial charge in [0.1, 0.15) is 35.4 Å². The Morgan fingerprint density at radius 3 is 2.33 bits per heavy atom. The van der Waals surface area contributed by atoms with Crippen LogP contribution in [-0.4, -0.2) is 33.0 Å². The molecule has 0 radical (unpaired) electrons. The summed E-state index contributed by atoms with van der Waals surface area (Å²) in [6, 6.07) is 8.82. The third-order valence-electron chi connectivity index (χ3n) is 6.34. The Kier molecular flexibility index (Phi) is 6.07. The minimum atomic E-state index is -4.79. The van der Waals surface area contributed by atoms with E-state index in [-0.39, 0.29) is 17.3 Å². The number of nitrogens with zero attached hydrogens (tertiary/aromatic N) is 4. The van der Waals surface area contributed by atoms with E-state index in [9.17, 15) is 22.0 Å². The zero-order valence-corrected chi connectivity index (χ0v) is 18.9. The van der Waals surface area contributed by atoms with E-state index in [1.54, 1.807) is 12.1 Å². The van der Waals surface area contributed by atoms with E-state index in [4.69, 9.17) is 5.73 Å². The van der Waals surface area contributed by atoms with E-state index < -0.39 is 17.6 Å². The summed E-state index contributed by atoms with van der Waals surface area (Å²) in [5.74, 6) is -0.0283. The molecule has 1 aliphatic rings. The Hall–Kier alpha value is -4.02. The van der Waals surface area contributed by atoms with Crippen LogP contribution in [0.4, 0.5) is 33.6 Å². The number of anilines is 2. The van der Waals surface area contributed by atoms with Gasteiger partial charge in [-0.2, -0.15) is 13.2 Å². The highest BCUT2D eigenvalue weighted by molar-refractivity contribution is 5.84. The second-order valence-corrected chi connectivity index (χ2v) is 8.59. The minimum Gasteiger partial charge on any atom is -0.383 e. The third kappa shape index (κ3) is 4.60. The van der Waals surface area contributed by atoms with Crippen molar-refractivity contribution >= 4 is 11.6 Å². The minimum absolute atomic E-state index is 0.0472. The van der Waals surface area contributed by atoms with E-state index in [0.717, 1.165) is 12.1 Å². The van der Waals surface area contributed by atoms with Crippen molar-refractivity contribution in [3.05, 3.63) is 78.0 Å². The average molecular weight is 500 g/mol. The molecule has 6 nitrogen and oxygen atoms in total. The lowest BCUT2D eigenvalue weighted by Crippen LogP contribution is -2.34. The predicted octanol–water partition coefficient (Wildman–Crippen LogP) is 5.80. The van der Waals surface area contributed by atoms with Gasteiger partial charge in [0, 0.05) is 30.8 Å². The lowest BCUT2D eigenvalue weighted by molar-refractivity contribution is -0.139. The Morgan fingerprint density at radius 1 is 0.944 bits per heavy atom. The van der Waals surface area contributed by atoms with Crippen molar-refractivity contribution in [2.24, 2.45) is 0 Å². The van der Waals surface area contributed by atoms with Gasteiger partial charge in [0.05, 0.1) is 16.8 Å². The highest BCUT2D eigenvalue weighted by atomic mass is 19.4. The number of nitrogens with one attached hydrogen (secondary N) is 1. The Balaban J connectivity index is 1.33. The number of aromatic amines is 1. The first-order chi connectivity index (χ1) is 17.2. The molecule has 0 aliphatic carbocycles. The molecule has 0 amide bonds. The maximum atomic E-state index is 13.6. The largest absolute Gasteiger partial charge is 0.419 e. The summed E-state index contributed by atoms with van der Waals surface area (Å²) >= 11 is 0. The van der Waals surface area contributed by atoms with Crippen molar-refractivity contribution in [1.82, 2.24) is 19.9 Å². The molecule has 4 aromatic rings. The number of alkyl halides is 3. The number of H-pyrrole nitrogens is 1. The molecule has 1 saturated heterocycles. The molecule has 2 aromatic carbocycles. The molecular weight excluding hydrogens is 479 g/mol. The van der Waals surface area contributed by atoms with Gasteiger partial charge in [-0.25, -0.2) is 23.7 Å². The van der Waals surface area contributed by atoms with Crippen LogP contribution in [0.15, 0.2) is 55.0 Å². The highest BCUT2D eigenvalue weighted by Gasteiger charge is 2.34.